The molecule has 2 rings (SSSR count). The quantitative estimate of drug-likeness (QED) is 0.674. The third-order valence-corrected chi connectivity index (χ3v) is 2.24. The van der Waals surface area contributed by atoms with Crippen LogP contribution in [0.1, 0.15) is 11.6 Å². The number of rotatable bonds is 2. The van der Waals surface area contributed by atoms with Crippen LogP contribution in [-0.4, -0.2) is 16.1 Å². The van der Waals surface area contributed by atoms with Crippen LogP contribution in [0.3, 0.4) is 0 Å². The van der Waals surface area contributed by atoms with E-state index in [2.05, 4.69) is 4.98 Å². The van der Waals surface area contributed by atoms with E-state index in [1.165, 1.54) is 0 Å². The summed E-state index contributed by atoms with van der Waals surface area (Å²) in [4.78, 5) is 13.8. The third-order valence-electron chi connectivity index (χ3n) is 2.24. The lowest BCUT2D eigenvalue weighted by molar-refractivity contribution is -0.138. The first-order chi connectivity index (χ1) is 6.70. The topological polar surface area (TPSA) is 81.8 Å². The number of carbonyl (C=O) groups is 1. The molecule has 5 N–H and O–H groups in total. The predicted molar refractivity (Wildman–Crippen MR) is 53.8 cm³/mol. The fourth-order valence-corrected chi connectivity index (χ4v) is 1.49. The van der Waals surface area contributed by atoms with Crippen LogP contribution in [0.25, 0.3) is 10.9 Å². The van der Waals surface area contributed by atoms with Crippen molar-refractivity contribution in [2.24, 2.45) is 5.73 Å². The minimum absolute atomic E-state index is 0.681. The highest BCUT2D eigenvalue weighted by Crippen LogP contribution is 2.22. The van der Waals surface area contributed by atoms with Crippen molar-refractivity contribution in [3.63, 3.8) is 0 Å². The Kier molecular flexibility index (Phi) is 1.98. The van der Waals surface area contributed by atoms with Gasteiger partial charge < -0.3 is 15.8 Å². The Balaban J connectivity index is 2.58. The van der Waals surface area contributed by atoms with Gasteiger partial charge in [0.2, 0.25) is 0 Å². The van der Waals surface area contributed by atoms with Crippen LogP contribution in [0.2, 0.25) is 0 Å². The molecular formula is C10H11N2O2+. The summed E-state index contributed by atoms with van der Waals surface area (Å²) in [5.74, 6) is -0.769. The van der Waals surface area contributed by atoms with Gasteiger partial charge in [-0.25, -0.2) is 0 Å². The van der Waals surface area contributed by atoms with E-state index in [9.17, 15) is 4.79 Å². The van der Waals surface area contributed by atoms with Crippen LogP contribution >= 0.6 is 0 Å². The number of hydrogen-bond acceptors (Lipinski definition) is 2. The number of aromatic nitrogens is 1. The van der Waals surface area contributed by atoms with Crippen LogP contribution < -0.4 is 5.73 Å². The van der Waals surface area contributed by atoms with E-state index in [-0.39, 0.29) is 0 Å². The average molecular weight is 191 g/mol. The summed E-state index contributed by atoms with van der Waals surface area (Å²) in [6.07, 6.45) is 1.68. The van der Waals surface area contributed by atoms with Gasteiger partial charge in [-0.2, -0.15) is 0 Å². The zero-order chi connectivity index (χ0) is 10.1. The van der Waals surface area contributed by atoms with Gasteiger partial charge in [0.15, 0.2) is 6.04 Å². The van der Waals surface area contributed by atoms with Crippen molar-refractivity contribution in [2.75, 3.05) is 0 Å². The fraction of sp³-hybridized carbons (Fsp3) is 0.100. The zero-order valence-electron chi connectivity index (χ0n) is 7.45. The number of benzene rings is 1. The molecule has 0 aliphatic heterocycles. The average Bonchev–Trinajstić information content (AvgIpc) is 2.60. The maximum Gasteiger partial charge on any atom is 0.537 e. The number of aromatic amines is 1. The molecule has 0 aliphatic carbocycles. The maximum absolute atomic E-state index is 10.8. The molecule has 0 aliphatic rings. The summed E-state index contributed by atoms with van der Waals surface area (Å²) in [6, 6.07) is 6.70. The summed E-state index contributed by atoms with van der Waals surface area (Å²) < 4.78 is 0. The lowest BCUT2D eigenvalue weighted by Gasteiger charge is -1.99. The molecular weight excluding hydrogens is 180 g/mol. The highest BCUT2D eigenvalue weighted by Gasteiger charge is 2.24. The fourth-order valence-electron chi connectivity index (χ4n) is 1.49. The van der Waals surface area contributed by atoms with Crippen molar-refractivity contribution >= 4 is 16.9 Å². The van der Waals surface area contributed by atoms with Crippen molar-refractivity contribution in [1.82, 2.24) is 4.98 Å². The van der Waals surface area contributed by atoms with Crippen molar-refractivity contribution in [3.8, 4) is 0 Å². The SMILES string of the molecule is NC(C(=O)[OH2+])c1c[nH]c2ccccc12. The molecule has 1 unspecified atom stereocenters. The number of hydrogen-bond donors (Lipinski definition) is 2. The van der Waals surface area contributed by atoms with Crippen LogP contribution in [0, 0.1) is 0 Å². The molecule has 0 fully saturated rings. The van der Waals surface area contributed by atoms with Crippen LogP contribution in [0.4, 0.5) is 0 Å². The molecule has 4 heteroatoms. The first-order valence-corrected chi connectivity index (χ1v) is 4.27. The number of nitrogens with one attached hydrogen (secondary N) is 1. The van der Waals surface area contributed by atoms with Gasteiger partial charge in [0.1, 0.15) is 0 Å². The number of para-hydroxylation sites is 1. The zero-order valence-corrected chi connectivity index (χ0v) is 7.45. The van der Waals surface area contributed by atoms with Crippen molar-refractivity contribution in [3.05, 3.63) is 36.0 Å². The second kappa shape index (κ2) is 3.16. The van der Waals surface area contributed by atoms with E-state index >= 15 is 0 Å². The third kappa shape index (κ3) is 1.25. The van der Waals surface area contributed by atoms with E-state index in [1.54, 1.807) is 6.20 Å². The van der Waals surface area contributed by atoms with Gasteiger partial charge in [-0.3, -0.25) is 0 Å². The molecule has 1 aromatic heterocycles. The Morgan fingerprint density at radius 1 is 1.43 bits per heavy atom. The summed E-state index contributed by atoms with van der Waals surface area (Å²) >= 11 is 0. The van der Waals surface area contributed by atoms with Gasteiger partial charge in [0.25, 0.3) is 0 Å². The molecule has 0 spiro atoms. The van der Waals surface area contributed by atoms with Gasteiger partial charge >= 0.3 is 5.97 Å². The van der Waals surface area contributed by atoms with Crippen LogP contribution in [0.15, 0.2) is 30.5 Å². The smallest absolute Gasteiger partial charge is 0.537 e. The summed E-state index contributed by atoms with van der Waals surface area (Å²) in [7, 11) is 0. The largest absolute Gasteiger partial charge is 0.563 e. The molecule has 1 aromatic carbocycles. The van der Waals surface area contributed by atoms with E-state index in [0.717, 1.165) is 10.9 Å². The number of fused-ring (bicyclic) bond motifs is 1. The Hall–Kier alpha value is -1.81. The predicted octanol–water partition coefficient (Wildman–Crippen LogP) is 0.419. The van der Waals surface area contributed by atoms with Crippen molar-refractivity contribution < 1.29 is 9.90 Å². The number of carbonyl (C=O) groups excluding carboxylic acids is 1. The lowest BCUT2D eigenvalue weighted by atomic mass is 10.1. The second-order valence-electron chi connectivity index (χ2n) is 3.13. The number of H-pyrrole nitrogens is 1. The summed E-state index contributed by atoms with van der Waals surface area (Å²) in [5.41, 5.74) is 7.20. The van der Waals surface area contributed by atoms with Crippen molar-refractivity contribution in [2.45, 2.75) is 6.04 Å². The Morgan fingerprint density at radius 2 is 2.14 bits per heavy atom. The molecule has 2 aromatic rings. The molecule has 4 nitrogen and oxygen atoms in total. The Morgan fingerprint density at radius 3 is 2.86 bits per heavy atom. The Bertz CT molecular complexity index is 476. The Labute approximate surface area is 80.3 Å². The minimum Gasteiger partial charge on any atom is -0.563 e. The highest BCUT2D eigenvalue weighted by molar-refractivity contribution is 5.88. The normalized spacial score (nSPS) is 12.9. The van der Waals surface area contributed by atoms with E-state index < -0.39 is 12.0 Å². The van der Waals surface area contributed by atoms with Crippen LogP contribution in [0.5, 0.6) is 0 Å². The van der Waals surface area contributed by atoms with Crippen LogP contribution in [-0.2, 0) is 4.79 Å². The highest BCUT2D eigenvalue weighted by atomic mass is 16.4. The van der Waals surface area contributed by atoms with Gasteiger partial charge in [-0.05, 0) is 6.07 Å². The van der Waals surface area contributed by atoms with Gasteiger partial charge in [-0.1, -0.05) is 18.2 Å². The van der Waals surface area contributed by atoms with E-state index in [4.69, 9.17) is 10.8 Å². The van der Waals surface area contributed by atoms with Crippen molar-refractivity contribution in [1.29, 1.82) is 0 Å². The monoisotopic (exact) mass is 191 g/mol. The molecule has 1 atom stereocenters. The number of nitrogens with two attached hydrogens (primary N) is 1. The molecule has 1 heterocycles. The molecule has 14 heavy (non-hydrogen) atoms. The standard InChI is InChI=1S/C10H10N2O2/c11-9(10(13)14)7-5-12-8-4-2-1-3-6(7)8/h1-5,9,12H,11H2,(H,13,14)/p+1. The molecule has 0 amide bonds. The summed E-state index contributed by atoms with van der Waals surface area (Å²) in [6.45, 7) is 0. The molecule has 72 valence electrons. The van der Waals surface area contributed by atoms with E-state index in [1.807, 2.05) is 24.3 Å². The van der Waals surface area contributed by atoms with Gasteiger partial charge in [-0.15, -0.1) is 0 Å². The molecule has 0 saturated carbocycles. The first kappa shape index (κ1) is 8.77. The van der Waals surface area contributed by atoms with Gasteiger partial charge in [0, 0.05) is 27.5 Å². The molecule has 0 bridgehead atoms. The van der Waals surface area contributed by atoms with Gasteiger partial charge in [0.05, 0.1) is 0 Å². The minimum atomic E-state index is -0.855. The molecule has 0 saturated heterocycles. The summed E-state index contributed by atoms with van der Waals surface area (Å²) in [5, 5.41) is 7.86. The molecule has 0 radical (unpaired) electrons. The second-order valence-corrected chi connectivity index (χ2v) is 3.13. The lowest BCUT2D eigenvalue weighted by Crippen LogP contribution is -2.20. The maximum atomic E-state index is 10.8. The van der Waals surface area contributed by atoms with E-state index in [0.29, 0.717) is 5.56 Å². The first-order valence-electron chi connectivity index (χ1n) is 4.27.